The summed E-state index contributed by atoms with van der Waals surface area (Å²) in [5.41, 5.74) is 1.59. The Morgan fingerprint density at radius 3 is 2.46 bits per heavy atom. The fourth-order valence-corrected chi connectivity index (χ4v) is 4.33. The van der Waals surface area contributed by atoms with Gasteiger partial charge < -0.3 is 4.42 Å². The van der Waals surface area contributed by atoms with Crippen LogP contribution in [-0.4, -0.2) is 8.42 Å². The number of hydrogen-bond acceptors (Lipinski definition) is 5. The van der Waals surface area contributed by atoms with Crippen LogP contribution in [0.25, 0.3) is 10.3 Å². The van der Waals surface area contributed by atoms with E-state index in [1.54, 1.807) is 24.3 Å². The molecule has 0 unspecified atom stereocenters. The molecule has 3 rings (SSSR count). The summed E-state index contributed by atoms with van der Waals surface area (Å²) >= 11 is 6.91. The van der Waals surface area contributed by atoms with Gasteiger partial charge in [-0.25, -0.2) is 13.2 Å². The molecule has 2 aromatic carbocycles. The van der Waals surface area contributed by atoms with E-state index in [0.717, 1.165) is 16.9 Å². The lowest BCUT2D eigenvalue weighted by molar-refractivity contribution is 0.585. The zero-order valence-electron chi connectivity index (χ0n) is 12.9. The molecule has 1 heterocycles. The van der Waals surface area contributed by atoms with Crippen LogP contribution in [0.3, 0.4) is 0 Å². The molecule has 1 N–H and O–H groups in total. The summed E-state index contributed by atoms with van der Waals surface area (Å²) < 4.78 is 32.9. The third-order valence-electron chi connectivity index (χ3n) is 3.50. The lowest BCUT2D eigenvalue weighted by atomic mass is 10.0. The second-order valence-corrected chi connectivity index (χ2v) is 8.64. The van der Waals surface area contributed by atoms with E-state index >= 15 is 0 Å². The molecule has 0 bridgehead atoms. The third-order valence-corrected chi connectivity index (χ3v) is 5.95. The molecule has 8 heteroatoms. The first-order chi connectivity index (χ1) is 11.3. The van der Waals surface area contributed by atoms with Crippen LogP contribution in [0, 0.1) is 0 Å². The molecule has 0 aliphatic heterocycles. The predicted molar refractivity (Wildman–Crippen MR) is 96.7 cm³/mol. The van der Waals surface area contributed by atoms with Gasteiger partial charge in [0.1, 0.15) is 0 Å². The topological polar surface area (TPSA) is 76.4 Å². The highest BCUT2D eigenvalue weighted by atomic mass is 35.5. The normalized spacial score (nSPS) is 12.0. The Hall–Kier alpha value is -1.83. The van der Waals surface area contributed by atoms with Gasteiger partial charge in [-0.2, -0.15) is 0 Å². The fraction of sp³-hybridized carbons (Fsp3) is 0.188. The van der Waals surface area contributed by atoms with Crippen LogP contribution in [-0.2, 0) is 10.0 Å². The summed E-state index contributed by atoms with van der Waals surface area (Å²) in [7, 11) is -3.75. The molecule has 0 atom stereocenters. The van der Waals surface area contributed by atoms with Gasteiger partial charge in [0.2, 0.25) is 0 Å². The van der Waals surface area contributed by atoms with Crippen LogP contribution in [0.1, 0.15) is 25.3 Å². The number of benzene rings is 2. The van der Waals surface area contributed by atoms with E-state index in [4.69, 9.17) is 16.0 Å². The number of nitrogens with one attached hydrogen (secondary N) is 1. The van der Waals surface area contributed by atoms with Gasteiger partial charge in [0.15, 0.2) is 5.58 Å². The number of sulfonamides is 1. The second-order valence-electron chi connectivity index (χ2n) is 5.57. The first-order valence-electron chi connectivity index (χ1n) is 7.12. The van der Waals surface area contributed by atoms with Crippen molar-refractivity contribution in [2.75, 3.05) is 4.72 Å². The van der Waals surface area contributed by atoms with E-state index in [2.05, 4.69) is 4.72 Å². The van der Waals surface area contributed by atoms with Crippen LogP contribution in [0.15, 0.2) is 50.5 Å². The van der Waals surface area contributed by atoms with Gasteiger partial charge in [0, 0.05) is 0 Å². The smallest absolute Gasteiger partial charge is 0.396 e. The molecule has 1 aromatic heterocycles. The molecule has 0 aliphatic rings. The first kappa shape index (κ1) is 17.0. The zero-order chi connectivity index (χ0) is 17.5. The number of hydrogen-bond donors (Lipinski definition) is 1. The maximum Gasteiger partial charge on any atom is 0.396 e. The first-order valence-corrected chi connectivity index (χ1v) is 9.80. The number of halogens is 1. The van der Waals surface area contributed by atoms with Crippen molar-refractivity contribution < 1.29 is 12.8 Å². The molecular weight excluding hydrogens is 370 g/mol. The second kappa shape index (κ2) is 6.23. The lowest BCUT2D eigenvalue weighted by Gasteiger charge is -2.10. The molecule has 0 amide bonds. The highest BCUT2D eigenvalue weighted by Crippen LogP contribution is 2.30. The Labute approximate surface area is 147 Å². The Morgan fingerprint density at radius 2 is 1.83 bits per heavy atom. The fourth-order valence-electron chi connectivity index (χ4n) is 2.24. The van der Waals surface area contributed by atoms with E-state index in [0.29, 0.717) is 10.6 Å². The van der Waals surface area contributed by atoms with E-state index < -0.39 is 15.0 Å². The predicted octanol–water partition coefficient (Wildman–Crippen LogP) is 4.43. The molecule has 0 aliphatic carbocycles. The summed E-state index contributed by atoms with van der Waals surface area (Å²) in [6.07, 6.45) is 0. The van der Waals surface area contributed by atoms with E-state index in [9.17, 15) is 13.2 Å². The van der Waals surface area contributed by atoms with Gasteiger partial charge in [-0.05, 0) is 35.7 Å². The van der Waals surface area contributed by atoms with Crippen LogP contribution in [0.4, 0.5) is 5.69 Å². The molecule has 3 aromatic rings. The number of anilines is 1. The van der Waals surface area contributed by atoms with Crippen LogP contribution in [0.2, 0.25) is 5.02 Å². The average molecular weight is 384 g/mol. The van der Waals surface area contributed by atoms with Crippen molar-refractivity contribution >= 4 is 48.9 Å². The Balaban J connectivity index is 1.95. The summed E-state index contributed by atoms with van der Waals surface area (Å²) in [4.78, 5) is 11.0. The van der Waals surface area contributed by atoms with Crippen molar-refractivity contribution in [3.63, 3.8) is 0 Å². The SMILES string of the molecule is CC(C)c1ccc(S(=O)(=O)Nc2cc(Cl)c3oc(=O)sc3c2)cc1. The molecule has 0 saturated heterocycles. The largest absolute Gasteiger partial charge is 0.412 e. The Kier molecular flexibility index (Phi) is 4.42. The molecule has 0 radical (unpaired) electrons. The Bertz CT molecular complexity index is 1050. The van der Waals surface area contributed by atoms with Crippen LogP contribution < -0.4 is 9.66 Å². The third kappa shape index (κ3) is 3.33. The van der Waals surface area contributed by atoms with Crippen molar-refractivity contribution in [2.45, 2.75) is 24.7 Å². The molecular formula is C16H14ClNO4S2. The summed E-state index contributed by atoms with van der Waals surface area (Å²) in [5, 5.41) is 0.179. The summed E-state index contributed by atoms with van der Waals surface area (Å²) in [5.74, 6) is 0.319. The van der Waals surface area contributed by atoms with E-state index in [1.807, 2.05) is 13.8 Å². The maximum atomic E-state index is 12.5. The van der Waals surface area contributed by atoms with Gasteiger partial charge in [0.05, 0.1) is 20.3 Å². The van der Waals surface area contributed by atoms with Crippen molar-refractivity contribution in [1.29, 1.82) is 0 Å². The molecule has 0 fully saturated rings. The van der Waals surface area contributed by atoms with Gasteiger partial charge >= 0.3 is 4.94 Å². The summed E-state index contributed by atoms with van der Waals surface area (Å²) in [6, 6.07) is 9.65. The minimum absolute atomic E-state index is 0.156. The minimum Gasteiger partial charge on any atom is -0.412 e. The monoisotopic (exact) mass is 383 g/mol. The average Bonchev–Trinajstić information content (AvgIpc) is 2.88. The van der Waals surface area contributed by atoms with Crippen LogP contribution in [0.5, 0.6) is 0 Å². The molecule has 0 saturated carbocycles. The Morgan fingerprint density at radius 1 is 1.17 bits per heavy atom. The molecule has 24 heavy (non-hydrogen) atoms. The van der Waals surface area contributed by atoms with Gasteiger partial charge in [-0.3, -0.25) is 4.72 Å². The molecule has 0 spiro atoms. The van der Waals surface area contributed by atoms with Gasteiger partial charge in [-0.15, -0.1) is 0 Å². The highest BCUT2D eigenvalue weighted by Gasteiger charge is 2.17. The van der Waals surface area contributed by atoms with Gasteiger partial charge in [0.25, 0.3) is 10.0 Å². The standard InChI is InChI=1S/C16H14ClNO4S2/c1-9(2)10-3-5-12(6-4-10)24(20,21)18-11-7-13(17)15-14(8-11)23-16(19)22-15/h3-9,18H,1-2H3. The van der Waals surface area contributed by atoms with E-state index in [1.165, 1.54) is 12.1 Å². The van der Waals surface area contributed by atoms with Crippen molar-refractivity contribution in [2.24, 2.45) is 0 Å². The van der Waals surface area contributed by atoms with Crippen molar-refractivity contribution in [3.8, 4) is 0 Å². The lowest BCUT2D eigenvalue weighted by Crippen LogP contribution is -2.13. The maximum absolute atomic E-state index is 12.5. The minimum atomic E-state index is -3.75. The quantitative estimate of drug-likeness (QED) is 0.722. The van der Waals surface area contributed by atoms with Crippen molar-refractivity contribution in [1.82, 2.24) is 0 Å². The highest BCUT2D eigenvalue weighted by molar-refractivity contribution is 7.92. The zero-order valence-corrected chi connectivity index (χ0v) is 15.3. The van der Waals surface area contributed by atoms with Crippen LogP contribution >= 0.6 is 22.9 Å². The van der Waals surface area contributed by atoms with E-state index in [-0.39, 0.29) is 21.2 Å². The number of fused-ring (bicyclic) bond motifs is 1. The molecule has 5 nitrogen and oxygen atoms in total. The van der Waals surface area contributed by atoms with Crippen molar-refractivity contribution in [3.05, 3.63) is 56.7 Å². The number of rotatable bonds is 4. The molecule has 126 valence electrons. The summed E-state index contributed by atoms with van der Waals surface area (Å²) in [6.45, 7) is 4.07. The van der Waals surface area contributed by atoms with Gasteiger partial charge in [-0.1, -0.05) is 48.9 Å².